The van der Waals surface area contributed by atoms with Crippen molar-refractivity contribution in [3.63, 3.8) is 0 Å². The van der Waals surface area contributed by atoms with Gasteiger partial charge in [-0.2, -0.15) is 0 Å². The molecule has 0 aliphatic carbocycles. The Morgan fingerprint density at radius 3 is 2.05 bits per heavy atom. The third-order valence-corrected chi connectivity index (χ3v) is 23.1. The van der Waals surface area contributed by atoms with Gasteiger partial charge < -0.3 is 52.9 Å². The van der Waals surface area contributed by atoms with Gasteiger partial charge in [0.25, 0.3) is 19.8 Å². The van der Waals surface area contributed by atoms with Gasteiger partial charge in [0.05, 0.1) is 18.7 Å². The fourth-order valence-corrected chi connectivity index (χ4v) is 17.9. The van der Waals surface area contributed by atoms with Gasteiger partial charge in [0.1, 0.15) is 47.7 Å². The summed E-state index contributed by atoms with van der Waals surface area (Å²) in [7, 11) is 4.46. The highest BCUT2D eigenvalue weighted by molar-refractivity contribution is 6.99. The van der Waals surface area contributed by atoms with Crippen molar-refractivity contribution in [3.05, 3.63) is 211 Å². The van der Waals surface area contributed by atoms with Crippen molar-refractivity contribution in [1.29, 1.82) is 0 Å². The minimum Gasteiger partial charge on any atom is -0.456 e. The van der Waals surface area contributed by atoms with Crippen molar-refractivity contribution in [2.75, 3.05) is 77.4 Å². The van der Waals surface area contributed by atoms with Crippen LogP contribution in [0.3, 0.4) is 0 Å². The zero-order chi connectivity index (χ0) is 69.0. The van der Waals surface area contributed by atoms with Crippen molar-refractivity contribution >= 4 is 54.2 Å². The lowest BCUT2D eigenvalue weighted by atomic mass is 9.77. The van der Waals surface area contributed by atoms with E-state index in [9.17, 15) is 28.8 Å². The number of carbonyl (C=O) groups excluding carboxylic acids is 4. The molecule has 21 heteroatoms. The molecule has 0 bridgehead atoms. The first-order valence-corrected chi connectivity index (χ1v) is 34.6. The van der Waals surface area contributed by atoms with Gasteiger partial charge in [-0.1, -0.05) is 111 Å². The lowest BCUT2D eigenvalue weighted by Gasteiger charge is -2.43. The summed E-state index contributed by atoms with van der Waals surface area (Å²) in [5.74, 6) is 8.26. The maximum absolute atomic E-state index is 14.2. The summed E-state index contributed by atoms with van der Waals surface area (Å²) in [6, 6.07) is 43.7. The monoisotopic (exact) mass is 1330 g/mol. The Balaban J connectivity index is 0.834. The van der Waals surface area contributed by atoms with Crippen LogP contribution < -0.4 is 41.5 Å². The van der Waals surface area contributed by atoms with Crippen LogP contribution in [-0.2, 0) is 40.3 Å². The molecule has 2 N–H and O–H groups in total. The number of aromatic nitrogens is 2. The number of carbonyl (C=O) groups is 4. The number of aromatic amines is 1. The number of anilines is 2. The average Bonchev–Trinajstić information content (AvgIpc) is 1.62. The van der Waals surface area contributed by atoms with E-state index in [0.717, 1.165) is 52.1 Å². The highest BCUT2D eigenvalue weighted by Gasteiger charge is 2.55. The van der Waals surface area contributed by atoms with Gasteiger partial charge in [0, 0.05) is 124 Å². The Hall–Kier alpha value is -9.90. The molecule has 5 heterocycles. The number of amides is 2. The van der Waals surface area contributed by atoms with Gasteiger partial charge in [-0.3, -0.25) is 24.0 Å². The molecule has 7 aromatic rings. The molecule has 1 spiro atoms. The lowest BCUT2D eigenvalue weighted by Crippen LogP contribution is -2.67. The van der Waals surface area contributed by atoms with Gasteiger partial charge in [-0.05, 0) is 116 Å². The van der Waals surface area contributed by atoms with E-state index in [1.54, 1.807) is 23.1 Å². The van der Waals surface area contributed by atoms with Gasteiger partial charge in [-0.25, -0.2) is 19.2 Å². The molecule has 2 amide bonds. The Labute approximate surface area is 566 Å². The molecule has 4 aliphatic rings. The number of ether oxygens (including phenoxy) is 6. The first-order valence-electron chi connectivity index (χ1n) is 32.7. The van der Waals surface area contributed by atoms with Crippen LogP contribution in [0.5, 0.6) is 11.5 Å². The van der Waals surface area contributed by atoms with Crippen LogP contribution in [0, 0.1) is 24.2 Å². The number of hydrogen-bond donors (Lipinski definition) is 2. The van der Waals surface area contributed by atoms with Crippen LogP contribution in [0.15, 0.2) is 155 Å². The molecule has 2 fully saturated rings. The van der Waals surface area contributed by atoms with Crippen molar-refractivity contribution in [2.45, 2.75) is 114 Å². The quantitative estimate of drug-likeness (QED) is 0.0354. The van der Waals surface area contributed by atoms with E-state index in [0.29, 0.717) is 53.4 Å². The fraction of sp³-hybridized carbons (Fsp3) is 0.368. The molecule has 6 aromatic carbocycles. The normalized spacial score (nSPS) is 17.7. The van der Waals surface area contributed by atoms with Gasteiger partial charge >= 0.3 is 23.9 Å². The molecular weight excluding hydrogens is 1250 g/mol. The molecule has 504 valence electrons. The Morgan fingerprint density at radius 1 is 0.794 bits per heavy atom. The lowest BCUT2D eigenvalue weighted by molar-refractivity contribution is -0.0554. The third-order valence-electron chi connectivity index (χ3n) is 18.1. The number of hydrogen-bond acceptors (Lipinski definition) is 16. The molecule has 1 aromatic heterocycles. The number of piperidine rings is 1. The van der Waals surface area contributed by atoms with E-state index in [2.05, 4.69) is 78.0 Å². The number of terminal acetylenes is 1. The SMILES string of the molecule is C#Cc1ccc(CN(CCOC(=O)O[C@H]2C[C@H](n3cc(C#CCNC(=O)c4ccc5c(c4)C4(OC5=O)c5ccc(N(C)C)cc5Oc5cc(N(C)C)ccc54)c(=O)[nH]c3=O)O[C@@H]2CO[Si](c2ccccc2)(c2ccccc2)C(C)(C)C)CC2CCCCN2C(=O)OC(C)(C)C)cc1. The Kier molecular flexibility index (Phi) is 20.1. The summed E-state index contributed by atoms with van der Waals surface area (Å²) >= 11 is 0. The number of rotatable bonds is 18. The molecule has 1 unspecified atom stereocenters. The molecular formula is C76H83N7O13Si. The Bertz CT molecular complexity index is 4220. The van der Waals surface area contributed by atoms with E-state index < -0.39 is 72.3 Å². The van der Waals surface area contributed by atoms with Crippen LogP contribution in [-0.4, -0.2) is 143 Å². The molecule has 4 aliphatic heterocycles. The zero-order valence-electron chi connectivity index (χ0n) is 56.6. The number of fused-ring (bicyclic) bond motifs is 6. The number of nitrogens with zero attached hydrogens (tertiary/aromatic N) is 5. The molecule has 11 rings (SSSR count). The number of esters is 1. The molecule has 4 atom stereocenters. The minimum absolute atomic E-state index is 0.0577. The number of H-pyrrole nitrogens is 1. The van der Waals surface area contributed by atoms with Gasteiger partial charge in [0.2, 0.25) is 0 Å². The largest absolute Gasteiger partial charge is 0.508 e. The fourth-order valence-electron chi connectivity index (χ4n) is 13.3. The maximum Gasteiger partial charge on any atom is 0.508 e. The third kappa shape index (κ3) is 14.6. The maximum atomic E-state index is 14.2. The smallest absolute Gasteiger partial charge is 0.456 e. The Morgan fingerprint density at radius 2 is 1.44 bits per heavy atom. The molecule has 20 nitrogen and oxygen atoms in total. The van der Waals surface area contributed by atoms with E-state index in [1.165, 1.54) is 10.8 Å². The predicted molar refractivity (Wildman–Crippen MR) is 372 cm³/mol. The molecule has 0 radical (unpaired) electrons. The number of likely N-dealkylation sites (tertiary alicyclic amines) is 1. The van der Waals surface area contributed by atoms with Crippen LogP contribution in [0.2, 0.25) is 5.04 Å². The van der Waals surface area contributed by atoms with E-state index in [1.807, 2.05) is 156 Å². The highest BCUT2D eigenvalue weighted by atomic mass is 28.4. The van der Waals surface area contributed by atoms with Gasteiger partial charge in [-0.15, -0.1) is 6.42 Å². The number of nitrogens with one attached hydrogen (secondary N) is 2. The first-order chi connectivity index (χ1) is 46.3. The minimum atomic E-state index is -3.22. The molecule has 0 saturated carbocycles. The summed E-state index contributed by atoms with van der Waals surface area (Å²) in [6.45, 7) is 13.4. The van der Waals surface area contributed by atoms with Crippen LogP contribution >= 0.6 is 0 Å². The van der Waals surface area contributed by atoms with E-state index in [-0.39, 0.29) is 56.0 Å². The second-order valence-corrected chi connectivity index (χ2v) is 31.6. The summed E-state index contributed by atoms with van der Waals surface area (Å²) in [4.78, 5) is 93.4. The summed E-state index contributed by atoms with van der Waals surface area (Å²) in [5.41, 5.74) is 1.78. The van der Waals surface area contributed by atoms with Crippen molar-refractivity contribution < 1.29 is 52.0 Å². The van der Waals surface area contributed by atoms with Crippen molar-refractivity contribution in [2.24, 2.45) is 0 Å². The highest BCUT2D eigenvalue weighted by Crippen LogP contribution is 2.57. The van der Waals surface area contributed by atoms with Crippen molar-refractivity contribution in [3.8, 4) is 35.7 Å². The zero-order valence-corrected chi connectivity index (χ0v) is 57.6. The second kappa shape index (κ2) is 28.4. The summed E-state index contributed by atoms with van der Waals surface area (Å²) in [5, 5.41) is 4.39. The molecule has 2 saturated heterocycles. The summed E-state index contributed by atoms with van der Waals surface area (Å²) < 4.78 is 46.2. The van der Waals surface area contributed by atoms with Crippen LogP contribution in [0.1, 0.15) is 128 Å². The van der Waals surface area contributed by atoms with Crippen LogP contribution in [0.4, 0.5) is 21.0 Å². The predicted octanol–water partition coefficient (Wildman–Crippen LogP) is 9.68. The first kappa shape index (κ1) is 68.5. The topological polar surface area (TPSA) is 213 Å². The number of benzene rings is 6. The van der Waals surface area contributed by atoms with Crippen molar-refractivity contribution in [1.82, 2.24) is 24.7 Å². The second-order valence-electron chi connectivity index (χ2n) is 27.3. The van der Waals surface area contributed by atoms with E-state index >= 15 is 0 Å². The average molecular weight is 1330 g/mol. The molecule has 97 heavy (non-hydrogen) atoms. The van der Waals surface area contributed by atoms with E-state index in [4.69, 9.17) is 39.3 Å². The van der Waals surface area contributed by atoms with Crippen LogP contribution in [0.25, 0.3) is 0 Å². The van der Waals surface area contributed by atoms with Gasteiger partial charge in [0.15, 0.2) is 5.60 Å². The summed E-state index contributed by atoms with van der Waals surface area (Å²) in [6.07, 6.45) is 5.03. The standard InChI is InChI=1S/C76H83N7O13Si/c1-12-50-28-30-51(31-29-50)46-81(48-56-23-19-20-39-82(56)72(88)96-74(2,3)4)40-41-90-73(89)94-65-45-67(93-66(65)49-91-97(75(5,6)7,57-24-15-13-16-25-57)58-26-17-14-18-27-58)83-47-53(69(85)78-71(83)87)22-21-38-77-68(84)52-32-35-59-62(42-52)76(95-70(59)86)60-36-33-54(79(8)9)43-63(60)92-64-44-55(80(10)11)34-37-61(64)76/h1,13-18,24-37,42-44,47,56,65-67H,19-20,23,38-41,45-46,48-49H2,2-11H3,(H,77,84)(H,78,85,87)/t56?,65-,66+,67+/m0/s1.